The van der Waals surface area contributed by atoms with Crippen molar-refractivity contribution in [2.24, 2.45) is 0 Å². The highest BCUT2D eigenvalue weighted by molar-refractivity contribution is 5.95. The number of carboxylic acid groups (broad SMARTS) is 1. The van der Waals surface area contributed by atoms with Gasteiger partial charge in [0.15, 0.2) is 5.54 Å². The molecule has 42 heavy (non-hydrogen) atoms. The Bertz CT molecular complexity index is 1440. The van der Waals surface area contributed by atoms with Crippen LogP contribution in [0.25, 0.3) is 11.1 Å². The van der Waals surface area contributed by atoms with Gasteiger partial charge in [-0.3, -0.25) is 9.69 Å². The van der Waals surface area contributed by atoms with E-state index >= 15 is 0 Å². The molecule has 218 valence electrons. The number of likely N-dealkylation sites (N-methyl/N-ethyl adjacent to an activating group) is 1. The van der Waals surface area contributed by atoms with Gasteiger partial charge in [0.25, 0.3) is 5.91 Å². The summed E-state index contributed by atoms with van der Waals surface area (Å²) in [7, 11) is 1.49. The van der Waals surface area contributed by atoms with Crippen molar-refractivity contribution < 1.29 is 29.0 Å². The van der Waals surface area contributed by atoms with Crippen LogP contribution in [0.2, 0.25) is 0 Å². The molecule has 0 aromatic heterocycles. The molecule has 2 fully saturated rings. The summed E-state index contributed by atoms with van der Waals surface area (Å²) in [6, 6.07) is 26.1. The lowest BCUT2D eigenvalue weighted by atomic mass is 9.90. The van der Waals surface area contributed by atoms with Gasteiger partial charge in [0.1, 0.15) is 12.1 Å². The van der Waals surface area contributed by atoms with Gasteiger partial charge in [-0.1, -0.05) is 78.9 Å². The van der Waals surface area contributed by atoms with Crippen LogP contribution in [0, 0.1) is 0 Å². The first kappa shape index (κ1) is 27.9. The lowest BCUT2D eigenvalue weighted by Gasteiger charge is -2.40. The number of nitrogens with zero attached hydrogens (tertiary/aromatic N) is 2. The fourth-order valence-electron chi connectivity index (χ4n) is 6.67. The van der Waals surface area contributed by atoms with Crippen LogP contribution in [0.15, 0.2) is 78.9 Å². The van der Waals surface area contributed by atoms with Crippen molar-refractivity contribution in [1.82, 2.24) is 15.1 Å². The molecule has 2 atom stereocenters. The van der Waals surface area contributed by atoms with Crippen LogP contribution in [0.3, 0.4) is 0 Å². The van der Waals surface area contributed by atoms with E-state index in [4.69, 9.17) is 9.47 Å². The van der Waals surface area contributed by atoms with Crippen molar-refractivity contribution in [2.45, 2.75) is 36.4 Å². The molecule has 2 N–H and O–H groups in total. The van der Waals surface area contributed by atoms with Crippen molar-refractivity contribution in [3.05, 3.63) is 95.6 Å². The number of rotatable bonds is 8. The predicted molar refractivity (Wildman–Crippen MR) is 156 cm³/mol. The second-order valence-electron chi connectivity index (χ2n) is 11.5. The van der Waals surface area contributed by atoms with Crippen LogP contribution in [-0.4, -0.2) is 83.9 Å². The first-order chi connectivity index (χ1) is 20.3. The highest BCUT2D eigenvalue weighted by atomic mass is 16.5. The zero-order valence-corrected chi connectivity index (χ0v) is 23.6. The van der Waals surface area contributed by atoms with Crippen molar-refractivity contribution in [2.75, 3.05) is 40.0 Å². The van der Waals surface area contributed by atoms with Gasteiger partial charge in [0.2, 0.25) is 0 Å². The van der Waals surface area contributed by atoms with Gasteiger partial charge in [0, 0.05) is 45.6 Å². The highest BCUT2D eigenvalue weighted by Gasteiger charge is 2.55. The van der Waals surface area contributed by atoms with Gasteiger partial charge in [-0.2, -0.15) is 0 Å². The fraction of sp³-hybridized carbons (Fsp3) is 0.364. The Kier molecular flexibility index (Phi) is 7.47. The number of carbonyl (C=O) groups is 3. The Morgan fingerprint density at radius 3 is 2.24 bits per heavy atom. The number of fused-ring (bicyclic) bond motifs is 3. The van der Waals surface area contributed by atoms with Crippen LogP contribution >= 0.6 is 0 Å². The van der Waals surface area contributed by atoms with Gasteiger partial charge >= 0.3 is 12.1 Å². The Hall–Kier alpha value is -4.21. The summed E-state index contributed by atoms with van der Waals surface area (Å²) in [6.45, 7) is 1.64. The predicted octanol–water partition coefficient (Wildman–Crippen LogP) is 3.87. The Labute approximate surface area is 245 Å². The molecule has 2 amide bonds. The van der Waals surface area contributed by atoms with Gasteiger partial charge in [-0.25, -0.2) is 9.59 Å². The van der Waals surface area contributed by atoms with Crippen molar-refractivity contribution in [3.63, 3.8) is 0 Å². The van der Waals surface area contributed by atoms with E-state index in [1.165, 1.54) is 11.9 Å². The Balaban J connectivity index is 1.22. The van der Waals surface area contributed by atoms with Crippen LogP contribution in [0.5, 0.6) is 0 Å². The normalized spacial score (nSPS) is 23.3. The molecular formula is C33H35N3O6. The minimum absolute atomic E-state index is 0.0979. The standard InChI is InChI=1S/C33H35N3O6/c1-35(33(30(38)39)16-18-41-22-33)29(37)32(15-17-36(21-32)19-23-9-3-2-4-10-23)34-31(40)42-20-28-26-13-7-5-11-24(26)25-12-6-8-14-27(25)28/h2-14,28H,15-22H2,1H3,(H,34,40)(H,38,39). The number of alkyl carbamates (subject to hydrolysis) is 1. The van der Waals surface area contributed by atoms with Crippen molar-refractivity contribution in [3.8, 4) is 11.1 Å². The number of hydrogen-bond donors (Lipinski definition) is 2. The van der Waals surface area contributed by atoms with Crippen LogP contribution in [0.1, 0.15) is 35.4 Å². The Morgan fingerprint density at radius 1 is 0.976 bits per heavy atom. The average molecular weight is 570 g/mol. The SMILES string of the molecule is CN(C(=O)C1(NC(=O)OCC2c3ccccc3-c3ccccc32)CCN(Cc2ccccc2)C1)C1(C(=O)O)CCOC1. The third-order valence-corrected chi connectivity index (χ3v) is 9.04. The van der Waals surface area contributed by atoms with E-state index in [0.29, 0.717) is 19.5 Å². The van der Waals surface area contributed by atoms with E-state index < -0.39 is 29.0 Å². The molecule has 2 heterocycles. The van der Waals surface area contributed by atoms with Crippen LogP contribution in [-0.2, 0) is 25.6 Å². The molecule has 1 aliphatic carbocycles. The van der Waals surface area contributed by atoms with Crippen LogP contribution < -0.4 is 5.32 Å². The third kappa shape index (κ3) is 4.92. The van der Waals surface area contributed by atoms with E-state index in [1.807, 2.05) is 54.6 Å². The number of carbonyl (C=O) groups excluding carboxylic acids is 2. The maximum absolute atomic E-state index is 14.2. The van der Waals surface area contributed by atoms with Crippen LogP contribution in [0.4, 0.5) is 4.79 Å². The monoisotopic (exact) mass is 569 g/mol. The number of carboxylic acids is 1. The van der Waals surface area contributed by atoms with Gasteiger partial charge < -0.3 is 24.8 Å². The molecule has 0 saturated carbocycles. The molecule has 2 unspecified atom stereocenters. The summed E-state index contributed by atoms with van der Waals surface area (Å²) < 4.78 is 11.3. The van der Waals surface area contributed by atoms with Gasteiger partial charge in [-0.05, 0) is 34.2 Å². The van der Waals surface area contributed by atoms with Gasteiger partial charge in [0.05, 0.1) is 6.61 Å². The Morgan fingerprint density at radius 2 is 1.62 bits per heavy atom. The van der Waals surface area contributed by atoms with Gasteiger partial charge in [-0.15, -0.1) is 0 Å². The molecule has 2 saturated heterocycles. The minimum atomic E-state index is -1.49. The second kappa shape index (κ2) is 11.2. The largest absolute Gasteiger partial charge is 0.479 e. The summed E-state index contributed by atoms with van der Waals surface area (Å²) in [5, 5.41) is 13.0. The second-order valence-corrected chi connectivity index (χ2v) is 11.5. The molecular weight excluding hydrogens is 534 g/mol. The molecule has 3 aliphatic rings. The summed E-state index contributed by atoms with van der Waals surface area (Å²) in [6.07, 6.45) is -0.199. The number of nitrogens with one attached hydrogen (secondary N) is 1. The molecule has 0 bridgehead atoms. The van der Waals surface area contributed by atoms with E-state index in [1.54, 1.807) is 0 Å². The van der Waals surface area contributed by atoms with Crippen molar-refractivity contribution in [1.29, 1.82) is 0 Å². The molecule has 0 radical (unpaired) electrons. The third-order valence-electron chi connectivity index (χ3n) is 9.04. The zero-order chi connectivity index (χ0) is 29.3. The fourth-order valence-corrected chi connectivity index (χ4v) is 6.67. The number of benzene rings is 3. The average Bonchev–Trinajstić information content (AvgIpc) is 3.73. The molecule has 0 spiro atoms. The minimum Gasteiger partial charge on any atom is -0.479 e. The smallest absolute Gasteiger partial charge is 0.408 e. The summed E-state index contributed by atoms with van der Waals surface area (Å²) in [5.74, 6) is -1.70. The number of ether oxygens (including phenoxy) is 2. The molecule has 2 aliphatic heterocycles. The summed E-state index contributed by atoms with van der Waals surface area (Å²) in [4.78, 5) is 43.4. The topological polar surface area (TPSA) is 108 Å². The molecule has 3 aromatic carbocycles. The molecule has 9 nitrogen and oxygen atoms in total. The van der Waals surface area contributed by atoms with E-state index in [-0.39, 0.29) is 38.7 Å². The number of aliphatic carboxylic acids is 1. The zero-order valence-electron chi connectivity index (χ0n) is 23.6. The maximum atomic E-state index is 14.2. The quantitative estimate of drug-likeness (QED) is 0.424. The van der Waals surface area contributed by atoms with E-state index in [9.17, 15) is 19.5 Å². The summed E-state index contributed by atoms with van der Waals surface area (Å²) in [5.41, 5.74) is 2.69. The van der Waals surface area contributed by atoms with Crippen molar-refractivity contribution >= 4 is 18.0 Å². The molecule has 6 rings (SSSR count). The number of amides is 2. The molecule has 9 heteroatoms. The number of hydrogen-bond acceptors (Lipinski definition) is 6. The number of likely N-dealkylation sites (tertiary alicyclic amines) is 1. The lowest BCUT2D eigenvalue weighted by molar-refractivity contribution is -0.160. The first-order valence-corrected chi connectivity index (χ1v) is 14.3. The first-order valence-electron chi connectivity index (χ1n) is 14.3. The summed E-state index contributed by atoms with van der Waals surface area (Å²) >= 11 is 0. The highest BCUT2D eigenvalue weighted by Crippen LogP contribution is 2.44. The maximum Gasteiger partial charge on any atom is 0.408 e. The van der Waals surface area contributed by atoms with E-state index in [2.05, 4.69) is 34.5 Å². The molecule has 3 aromatic rings. The van der Waals surface area contributed by atoms with E-state index in [0.717, 1.165) is 27.8 Å². The lowest BCUT2D eigenvalue weighted by Crippen LogP contribution is -2.66.